The number of hydrogen-bond donors (Lipinski definition) is 9. The fourth-order valence-electron chi connectivity index (χ4n) is 12.1. The Morgan fingerprint density at radius 2 is 0.832 bits per heavy atom. The van der Waals surface area contributed by atoms with Gasteiger partial charge in [0.25, 0.3) is 0 Å². The summed E-state index contributed by atoms with van der Waals surface area (Å²) in [6.45, 7) is 5.19. The largest absolute Gasteiger partial charge is 0.497 e. The average Bonchev–Trinajstić information content (AvgIpc) is 1.66. The van der Waals surface area contributed by atoms with E-state index in [4.69, 9.17) is 56.1 Å². The van der Waals surface area contributed by atoms with Crippen LogP contribution in [-0.2, 0) is 32.6 Å². The first-order valence-corrected chi connectivity index (χ1v) is 33.2. The molecular weight excluding hydrogens is 1290 g/mol. The van der Waals surface area contributed by atoms with Gasteiger partial charge in [0.2, 0.25) is 17.6 Å². The van der Waals surface area contributed by atoms with Crippen molar-refractivity contribution in [2.45, 2.75) is 71.1 Å². The van der Waals surface area contributed by atoms with Gasteiger partial charge in [-0.15, -0.1) is 0 Å². The molecule has 4 aromatic carbocycles. The number of rotatable bonds is 1. The number of pyridine rings is 4. The molecule has 0 saturated carbocycles. The SMILES string of the molecule is COc1cc2cc(c1)OC/C=C/COc1cc3c([nH]c(=O)n3C2)c(N)n1.Nc1nc2cc3c1[nH]c(=O)n3Cc1cccc(c1)CCCCCN2.Nc1nc2cc3c1[nH]c(=O)n3Cc1cccc(c1)OC/C=C/CCCO2.Nc1nc2cc3c1[nH]c(=O)n3Cc1cccc(c1)OC/C=C/CCO2. The van der Waals surface area contributed by atoms with Gasteiger partial charge in [-0.05, 0) is 115 Å². The van der Waals surface area contributed by atoms with Gasteiger partial charge in [-0.3, -0.25) is 18.3 Å². The van der Waals surface area contributed by atoms with Crippen LogP contribution < -0.4 is 84.2 Å². The van der Waals surface area contributed by atoms with Gasteiger partial charge in [-0.25, -0.2) is 24.2 Å². The number of aryl methyl sites for hydroxylation is 1. The molecule has 0 aliphatic carbocycles. The third kappa shape index (κ3) is 16.2. The van der Waals surface area contributed by atoms with Crippen LogP contribution in [0.15, 0.2) is 171 Å². The number of nitrogens with one attached hydrogen (secondary N) is 5. The molecule has 13 N–H and O–H groups in total. The summed E-state index contributed by atoms with van der Waals surface area (Å²) in [6, 6.07) is 36.6. The van der Waals surface area contributed by atoms with Crippen molar-refractivity contribution in [1.29, 1.82) is 0 Å². The molecule has 4 aliphatic rings. The summed E-state index contributed by atoms with van der Waals surface area (Å²) in [5, 5.41) is 3.32. The normalized spacial score (nSPS) is 15.6. The maximum atomic E-state index is 12.5. The quantitative estimate of drug-likeness (QED) is 0.0693. The Morgan fingerprint density at radius 3 is 1.39 bits per heavy atom. The van der Waals surface area contributed by atoms with Crippen molar-refractivity contribution < 1.29 is 33.2 Å². The summed E-state index contributed by atoms with van der Waals surface area (Å²) in [7, 11) is 1.59. The number of nitrogens with zero attached hydrogens (tertiary/aromatic N) is 8. The van der Waals surface area contributed by atoms with Crippen molar-refractivity contribution in [2.75, 3.05) is 81.5 Å². The maximum Gasteiger partial charge on any atom is 0.326 e. The van der Waals surface area contributed by atoms with E-state index in [9.17, 15) is 19.2 Å². The van der Waals surface area contributed by atoms with Crippen LogP contribution in [0.2, 0.25) is 0 Å². The molecule has 0 amide bonds. The number of aromatic amines is 4. The Labute approximate surface area is 576 Å². The minimum atomic E-state index is -0.275. The minimum absolute atomic E-state index is 0.159. The number of hydrogen-bond acceptors (Lipinski definition) is 20. The molecular formula is C73H77N17O11. The average molecular weight is 1370 g/mol. The fourth-order valence-corrected chi connectivity index (χ4v) is 12.1. The Kier molecular flexibility index (Phi) is 20.5. The van der Waals surface area contributed by atoms with Crippen LogP contribution in [0.4, 0.5) is 29.1 Å². The number of ether oxygens (including phenoxy) is 7. The molecule has 101 heavy (non-hydrogen) atoms. The second kappa shape index (κ2) is 30.8. The predicted molar refractivity (Wildman–Crippen MR) is 388 cm³/mol. The number of H-pyrrole nitrogens is 4. The van der Waals surface area contributed by atoms with E-state index in [2.05, 4.69) is 75.5 Å². The Bertz CT molecular complexity index is 5320. The molecule has 16 rings (SSSR count). The van der Waals surface area contributed by atoms with Gasteiger partial charge in [-0.2, -0.15) is 15.0 Å². The summed E-state index contributed by atoms with van der Waals surface area (Å²) in [4.78, 5) is 77.8. The van der Waals surface area contributed by atoms with Crippen molar-refractivity contribution in [3.05, 3.63) is 221 Å². The van der Waals surface area contributed by atoms with Crippen LogP contribution in [0.25, 0.3) is 44.1 Å². The molecule has 12 aromatic rings. The molecule has 4 aliphatic heterocycles. The van der Waals surface area contributed by atoms with Gasteiger partial charge in [-0.1, -0.05) is 79.3 Å². The second-order valence-electron chi connectivity index (χ2n) is 24.2. The Balaban J connectivity index is 0.000000120. The van der Waals surface area contributed by atoms with Crippen molar-refractivity contribution >= 4 is 73.2 Å². The highest BCUT2D eigenvalue weighted by Crippen LogP contribution is 2.30. The van der Waals surface area contributed by atoms with E-state index in [1.165, 1.54) is 12.0 Å². The predicted octanol–water partition coefficient (Wildman–Crippen LogP) is 8.72. The smallest absolute Gasteiger partial charge is 0.326 e. The lowest BCUT2D eigenvalue weighted by molar-refractivity contribution is 0.301. The first-order chi connectivity index (χ1) is 49.2. The lowest BCUT2D eigenvalue weighted by Gasteiger charge is -2.12. The van der Waals surface area contributed by atoms with E-state index in [1.807, 2.05) is 97.1 Å². The zero-order valence-electron chi connectivity index (χ0n) is 55.5. The van der Waals surface area contributed by atoms with Gasteiger partial charge in [0.05, 0.1) is 68.6 Å². The number of aromatic nitrogens is 12. The zero-order valence-corrected chi connectivity index (χ0v) is 55.5. The van der Waals surface area contributed by atoms with Crippen molar-refractivity contribution in [1.82, 2.24) is 58.1 Å². The molecule has 28 nitrogen and oxygen atoms in total. The Morgan fingerprint density at radius 1 is 0.396 bits per heavy atom. The van der Waals surface area contributed by atoms with Gasteiger partial charge >= 0.3 is 22.8 Å². The van der Waals surface area contributed by atoms with E-state index in [0.29, 0.717) is 139 Å². The molecule has 0 atom stereocenters. The molecule has 0 spiro atoms. The van der Waals surface area contributed by atoms with Gasteiger partial charge < -0.3 is 81.3 Å². The number of anilines is 5. The van der Waals surface area contributed by atoms with Crippen molar-refractivity contribution in [3.63, 3.8) is 0 Å². The number of allylic oxidation sites excluding steroid dienone is 1. The first-order valence-electron chi connectivity index (χ1n) is 33.2. The van der Waals surface area contributed by atoms with E-state index >= 15 is 0 Å². The van der Waals surface area contributed by atoms with Crippen LogP contribution in [0.3, 0.4) is 0 Å². The summed E-state index contributed by atoms with van der Waals surface area (Å²) in [5.41, 5.74) is 33.3. The highest BCUT2D eigenvalue weighted by Gasteiger charge is 2.19. The lowest BCUT2D eigenvalue weighted by atomic mass is 10.0. The molecule has 0 unspecified atom stereocenters. The van der Waals surface area contributed by atoms with Crippen molar-refractivity contribution in [3.8, 4) is 40.6 Å². The molecule has 12 heterocycles. The third-order valence-electron chi connectivity index (χ3n) is 17.0. The van der Waals surface area contributed by atoms with Crippen LogP contribution >= 0.6 is 0 Å². The molecule has 28 heteroatoms. The number of benzene rings is 4. The number of nitrogen functional groups attached to an aromatic ring is 4. The van der Waals surface area contributed by atoms with Gasteiger partial charge in [0.1, 0.15) is 77.3 Å². The van der Waals surface area contributed by atoms with Gasteiger partial charge in [0.15, 0.2) is 23.3 Å². The van der Waals surface area contributed by atoms with Gasteiger partial charge in [0, 0.05) is 36.9 Å². The zero-order chi connectivity index (χ0) is 69.8. The minimum Gasteiger partial charge on any atom is -0.497 e. The standard InChI is InChI=1S/C19H20N4O3.C18H21N5O.C18H18N4O4.C18H18N4O3/c20-18-17-15-11-16(21-18)26-9-4-2-1-3-8-25-14-7-5-6-13(10-14)12-23(15)19(24)22-17;19-17-16-14-10-15(21-17)20-8-3-1-2-5-12-6-4-7-13(9-12)11-23(14)18(24)22-16;1-24-12-6-11-7-13(8-12)25-4-2-3-5-26-15-9-14-16(17(19)20-15)21-18(23)22(14)10-11;19-17-16-14-10-15(20-17)25-8-3-1-2-7-24-13-6-4-5-12(9-13)11-22(14)18(23)21-16/h1,3,5-7,10-11H,2,4,8-9,12H2,(H2,20,21)(H,22,24);4,6-7,9-10H,1-3,5,8,11H2,(H,22,24)(H3,19,20,21);2-3,6-9H,4-5,10H2,1H3,(H2,19,20)(H,21,23);1-2,4-6,9-10H,3,7-8,11H2,(H2,19,20)(H,21,23)/b3-1+;;3-2+;2-1+. The Hall–Kier alpha value is -12.6. The molecule has 0 radical (unpaired) electrons. The van der Waals surface area contributed by atoms with E-state index in [0.717, 1.165) is 90.2 Å². The fraction of sp³-hybridized carbons (Fsp3) is 0.260. The first kappa shape index (κ1) is 67.0. The molecule has 0 fully saturated rings. The number of methoxy groups -OCH3 is 1. The van der Waals surface area contributed by atoms with Crippen molar-refractivity contribution in [2.24, 2.45) is 0 Å². The van der Waals surface area contributed by atoms with Crippen LogP contribution in [0, 0.1) is 0 Å². The maximum absolute atomic E-state index is 12.5. The lowest BCUT2D eigenvalue weighted by Crippen LogP contribution is -2.17. The van der Waals surface area contributed by atoms with Crippen LogP contribution in [0.5, 0.6) is 40.6 Å². The molecule has 8 aromatic heterocycles. The third-order valence-corrected chi connectivity index (χ3v) is 17.0. The van der Waals surface area contributed by atoms with E-state index in [1.54, 1.807) is 49.6 Å². The summed E-state index contributed by atoms with van der Waals surface area (Å²) < 4.78 is 46.1. The van der Waals surface area contributed by atoms with E-state index < -0.39 is 0 Å². The summed E-state index contributed by atoms with van der Waals surface area (Å²) in [6.07, 6.45) is 18.7. The number of imidazole rings is 4. The monoisotopic (exact) mass is 1370 g/mol. The number of fused-ring (bicyclic) bond motifs is 12. The van der Waals surface area contributed by atoms with Crippen LogP contribution in [0.1, 0.15) is 66.3 Å². The molecule has 16 bridgehead atoms. The number of nitrogens with two attached hydrogens (primary N) is 4. The summed E-state index contributed by atoms with van der Waals surface area (Å²) >= 11 is 0. The molecule has 0 saturated heterocycles. The summed E-state index contributed by atoms with van der Waals surface area (Å²) in [5.74, 6) is 5.86. The highest BCUT2D eigenvalue weighted by atomic mass is 16.5. The second-order valence-corrected chi connectivity index (χ2v) is 24.2. The van der Waals surface area contributed by atoms with E-state index in [-0.39, 0.29) is 40.2 Å². The molecule has 520 valence electrons. The van der Waals surface area contributed by atoms with Crippen LogP contribution in [-0.4, -0.2) is 111 Å². The topological polar surface area (TPSA) is 383 Å². The highest BCUT2D eigenvalue weighted by molar-refractivity contribution is 5.89.